The van der Waals surface area contributed by atoms with Gasteiger partial charge in [0.05, 0.1) is 0 Å². The summed E-state index contributed by atoms with van der Waals surface area (Å²) in [4.78, 5) is 24.9. The first-order chi connectivity index (χ1) is 12.6. The lowest BCUT2D eigenvalue weighted by Gasteiger charge is -2.23. The molecule has 0 unspecified atom stereocenters. The van der Waals surface area contributed by atoms with Gasteiger partial charge >= 0.3 is 0 Å². The molecule has 27 heavy (non-hydrogen) atoms. The summed E-state index contributed by atoms with van der Waals surface area (Å²) >= 11 is 29.0. The van der Waals surface area contributed by atoms with Crippen LogP contribution in [0.3, 0.4) is 0 Å². The SMILES string of the molecule is O=C(Nc1cc(Cl)cc(Cl)c1)C(F)(CCCl)C(=O)Nc1cc(Cl)cc(Cl)c1. The van der Waals surface area contributed by atoms with Crippen LogP contribution in [0.2, 0.25) is 20.1 Å². The molecule has 2 aromatic carbocycles. The maximum atomic E-state index is 15.3. The molecule has 0 saturated carbocycles. The number of halogens is 6. The van der Waals surface area contributed by atoms with Crippen LogP contribution >= 0.6 is 58.0 Å². The molecule has 2 amide bonds. The van der Waals surface area contributed by atoms with E-state index in [1.807, 2.05) is 0 Å². The second-order valence-corrected chi connectivity index (χ2v) is 7.59. The lowest BCUT2D eigenvalue weighted by molar-refractivity contribution is -0.139. The molecule has 2 rings (SSSR count). The van der Waals surface area contributed by atoms with Gasteiger partial charge in [-0.1, -0.05) is 46.4 Å². The van der Waals surface area contributed by atoms with Crippen LogP contribution in [0.25, 0.3) is 0 Å². The van der Waals surface area contributed by atoms with E-state index in [-0.39, 0.29) is 37.3 Å². The smallest absolute Gasteiger partial charge is 0.272 e. The molecule has 2 N–H and O–H groups in total. The van der Waals surface area contributed by atoms with E-state index in [0.717, 1.165) is 0 Å². The minimum Gasteiger partial charge on any atom is -0.323 e. The Morgan fingerprint density at radius 1 is 0.778 bits per heavy atom. The molecule has 0 bridgehead atoms. The van der Waals surface area contributed by atoms with Gasteiger partial charge in [0.1, 0.15) is 0 Å². The lowest BCUT2D eigenvalue weighted by Crippen LogP contribution is -2.49. The molecule has 0 fully saturated rings. The Hall–Kier alpha value is -1.24. The quantitative estimate of drug-likeness (QED) is 0.388. The maximum absolute atomic E-state index is 15.3. The highest BCUT2D eigenvalue weighted by Gasteiger charge is 2.46. The number of anilines is 2. The molecule has 0 aliphatic carbocycles. The summed E-state index contributed by atoms with van der Waals surface area (Å²) < 4.78 is 15.3. The number of benzene rings is 2. The topological polar surface area (TPSA) is 58.2 Å². The second-order valence-electron chi connectivity index (χ2n) is 5.46. The fourth-order valence-electron chi connectivity index (χ4n) is 2.17. The van der Waals surface area contributed by atoms with Gasteiger partial charge in [-0.05, 0) is 36.4 Å². The number of alkyl halides is 2. The Labute approximate surface area is 179 Å². The van der Waals surface area contributed by atoms with E-state index in [2.05, 4.69) is 10.6 Å². The van der Waals surface area contributed by atoms with Gasteiger partial charge in [0.25, 0.3) is 17.5 Å². The van der Waals surface area contributed by atoms with Gasteiger partial charge in [-0.2, -0.15) is 0 Å². The average Bonchev–Trinajstić information content (AvgIpc) is 2.52. The maximum Gasteiger partial charge on any atom is 0.272 e. The van der Waals surface area contributed by atoms with Crippen molar-refractivity contribution in [3.63, 3.8) is 0 Å². The van der Waals surface area contributed by atoms with Crippen LogP contribution in [-0.2, 0) is 9.59 Å². The standard InChI is InChI=1S/C17H12Cl5FN2O2/c18-2-1-17(23,15(26)24-13-5-9(19)3-10(20)6-13)16(27)25-14-7-11(21)4-12(22)8-14/h3-8H,1-2H2,(H,24,26)(H,25,27). The van der Waals surface area contributed by atoms with Crippen molar-refractivity contribution >= 4 is 81.2 Å². The number of hydrogen-bond donors (Lipinski definition) is 2. The van der Waals surface area contributed by atoms with E-state index < -0.39 is 23.9 Å². The zero-order valence-corrected chi connectivity index (χ0v) is 17.2. The van der Waals surface area contributed by atoms with E-state index in [1.165, 1.54) is 36.4 Å². The molecule has 4 nitrogen and oxygen atoms in total. The summed E-state index contributed by atoms with van der Waals surface area (Å²) in [6, 6.07) is 8.33. The zero-order chi connectivity index (χ0) is 20.2. The van der Waals surface area contributed by atoms with Crippen molar-refractivity contribution in [1.82, 2.24) is 0 Å². The lowest BCUT2D eigenvalue weighted by atomic mass is 10.00. The average molecular weight is 473 g/mol. The fourth-order valence-corrected chi connectivity index (χ4v) is 3.49. The predicted molar refractivity (Wildman–Crippen MR) is 109 cm³/mol. The normalized spacial score (nSPS) is 11.2. The first kappa shape index (κ1) is 22.1. The Kier molecular flexibility index (Phi) is 7.60. The van der Waals surface area contributed by atoms with Crippen LogP contribution in [-0.4, -0.2) is 23.4 Å². The Balaban J connectivity index is 2.25. The van der Waals surface area contributed by atoms with Crippen molar-refractivity contribution in [2.75, 3.05) is 16.5 Å². The molecule has 0 spiro atoms. The Bertz CT molecular complexity index is 772. The largest absolute Gasteiger partial charge is 0.323 e. The highest BCUT2D eigenvalue weighted by molar-refractivity contribution is 6.36. The summed E-state index contributed by atoms with van der Waals surface area (Å²) in [6.07, 6.45) is -0.561. The van der Waals surface area contributed by atoms with E-state index in [4.69, 9.17) is 58.0 Å². The summed E-state index contributed by atoms with van der Waals surface area (Å²) in [6.45, 7) is 0. The molecule has 0 aromatic heterocycles. The second kappa shape index (κ2) is 9.30. The first-order valence-corrected chi connectivity index (χ1v) is 9.48. The van der Waals surface area contributed by atoms with Crippen LogP contribution in [0, 0.1) is 0 Å². The van der Waals surface area contributed by atoms with E-state index in [1.54, 1.807) is 0 Å². The fraction of sp³-hybridized carbons (Fsp3) is 0.176. The minimum absolute atomic E-state index is 0.132. The summed E-state index contributed by atoms with van der Waals surface area (Å²) in [7, 11) is 0. The van der Waals surface area contributed by atoms with E-state index in [0.29, 0.717) is 0 Å². The highest BCUT2D eigenvalue weighted by atomic mass is 35.5. The van der Waals surface area contributed by atoms with Gasteiger partial charge in [-0.25, -0.2) is 4.39 Å². The molecule has 10 heteroatoms. The van der Waals surface area contributed by atoms with Gasteiger partial charge in [-0.15, -0.1) is 11.6 Å². The zero-order valence-electron chi connectivity index (χ0n) is 13.5. The number of nitrogens with one attached hydrogen (secondary N) is 2. The molecule has 2 aromatic rings. The molecule has 144 valence electrons. The Morgan fingerprint density at radius 2 is 1.11 bits per heavy atom. The predicted octanol–water partition coefficient (Wildman–Crippen LogP) is 6.21. The van der Waals surface area contributed by atoms with Gasteiger partial charge in [0.15, 0.2) is 0 Å². The molecular weight excluding hydrogens is 460 g/mol. The number of carbonyl (C=O) groups is 2. The number of amides is 2. The molecule has 0 aliphatic rings. The van der Waals surface area contributed by atoms with Crippen LogP contribution < -0.4 is 10.6 Å². The summed E-state index contributed by atoms with van der Waals surface area (Å²) in [5.41, 5.74) is -2.69. The molecule has 0 heterocycles. The number of rotatable bonds is 6. The van der Waals surface area contributed by atoms with Crippen LogP contribution in [0.1, 0.15) is 6.42 Å². The minimum atomic E-state index is -2.95. The van der Waals surface area contributed by atoms with Crippen molar-refractivity contribution in [3.8, 4) is 0 Å². The molecule has 0 aliphatic heterocycles. The van der Waals surface area contributed by atoms with Gasteiger partial charge in [-0.3, -0.25) is 9.59 Å². The summed E-state index contributed by atoms with van der Waals surface area (Å²) in [5.74, 6) is -2.71. The van der Waals surface area contributed by atoms with E-state index >= 15 is 4.39 Å². The van der Waals surface area contributed by atoms with Crippen molar-refractivity contribution < 1.29 is 14.0 Å². The molecule has 0 saturated heterocycles. The van der Waals surface area contributed by atoms with Crippen LogP contribution in [0.4, 0.5) is 15.8 Å². The first-order valence-electron chi connectivity index (χ1n) is 7.44. The van der Waals surface area contributed by atoms with Crippen molar-refractivity contribution in [2.45, 2.75) is 12.1 Å². The van der Waals surface area contributed by atoms with Crippen LogP contribution in [0.15, 0.2) is 36.4 Å². The third kappa shape index (κ3) is 5.87. The third-order valence-corrected chi connectivity index (χ3v) is 4.46. The van der Waals surface area contributed by atoms with Crippen molar-refractivity contribution in [3.05, 3.63) is 56.5 Å². The van der Waals surface area contributed by atoms with Gasteiger partial charge in [0.2, 0.25) is 0 Å². The number of hydrogen-bond acceptors (Lipinski definition) is 2. The third-order valence-electron chi connectivity index (χ3n) is 3.40. The van der Waals surface area contributed by atoms with E-state index in [9.17, 15) is 9.59 Å². The van der Waals surface area contributed by atoms with Crippen molar-refractivity contribution in [2.24, 2.45) is 0 Å². The summed E-state index contributed by atoms with van der Waals surface area (Å²) in [5, 5.41) is 5.50. The van der Waals surface area contributed by atoms with Gasteiger partial charge in [0, 0.05) is 43.8 Å². The van der Waals surface area contributed by atoms with Gasteiger partial charge < -0.3 is 10.6 Å². The molecule has 0 atom stereocenters. The highest BCUT2D eigenvalue weighted by Crippen LogP contribution is 2.28. The molecule has 0 radical (unpaired) electrons. The number of carbonyl (C=O) groups excluding carboxylic acids is 2. The monoisotopic (exact) mass is 470 g/mol. The van der Waals surface area contributed by atoms with Crippen molar-refractivity contribution in [1.29, 1.82) is 0 Å². The Morgan fingerprint density at radius 3 is 1.41 bits per heavy atom. The van der Waals surface area contributed by atoms with Crippen LogP contribution in [0.5, 0.6) is 0 Å². The molecular formula is C17H12Cl5FN2O2.